The van der Waals surface area contributed by atoms with Crippen molar-refractivity contribution in [3.63, 3.8) is 0 Å². The summed E-state index contributed by atoms with van der Waals surface area (Å²) in [5.74, 6) is 1.72. The third-order valence-corrected chi connectivity index (χ3v) is 7.64. The first kappa shape index (κ1) is 24.6. The highest BCUT2D eigenvalue weighted by molar-refractivity contribution is 5.73. The van der Waals surface area contributed by atoms with E-state index in [0.29, 0.717) is 0 Å². The lowest BCUT2D eigenvalue weighted by Crippen LogP contribution is -2.36. The Kier molecular flexibility index (Phi) is 6.77. The van der Waals surface area contributed by atoms with Gasteiger partial charge in [0.25, 0.3) is 0 Å². The van der Waals surface area contributed by atoms with E-state index in [1.807, 2.05) is 12.4 Å². The maximum absolute atomic E-state index is 5.47. The van der Waals surface area contributed by atoms with Crippen molar-refractivity contribution in [1.82, 2.24) is 19.9 Å². The molecule has 0 spiro atoms. The molecule has 2 saturated heterocycles. The number of rotatable bonds is 6. The fourth-order valence-corrected chi connectivity index (χ4v) is 5.38. The first-order valence-electron chi connectivity index (χ1n) is 13.9. The van der Waals surface area contributed by atoms with E-state index in [1.54, 1.807) is 0 Å². The van der Waals surface area contributed by atoms with E-state index in [1.165, 1.54) is 11.4 Å². The molecule has 0 atom stereocenters. The second-order valence-electron chi connectivity index (χ2n) is 10.1. The van der Waals surface area contributed by atoms with Crippen LogP contribution in [0.1, 0.15) is 0 Å². The zero-order chi connectivity index (χ0) is 26.7. The molecule has 2 aliphatic heterocycles. The van der Waals surface area contributed by atoms with Crippen LogP contribution in [0.5, 0.6) is 0 Å². The molecule has 202 valence electrons. The van der Waals surface area contributed by atoms with E-state index in [2.05, 4.69) is 92.6 Å². The maximum Gasteiger partial charge on any atom is 0.138 e. The number of anilines is 2. The third kappa shape index (κ3) is 5.11. The molecule has 2 N–H and O–H groups in total. The first-order valence-corrected chi connectivity index (χ1v) is 13.9. The number of hydrogen-bond donors (Lipinski definition) is 2. The number of nitrogens with zero attached hydrogens (tertiary/aromatic N) is 4. The molecule has 0 aliphatic carbocycles. The van der Waals surface area contributed by atoms with Crippen LogP contribution in [0, 0.1) is 0 Å². The van der Waals surface area contributed by atoms with E-state index < -0.39 is 0 Å². The van der Waals surface area contributed by atoms with Crippen molar-refractivity contribution < 1.29 is 9.47 Å². The number of aromatic nitrogens is 4. The van der Waals surface area contributed by atoms with Gasteiger partial charge in [0.05, 0.1) is 37.8 Å². The van der Waals surface area contributed by atoms with Crippen LogP contribution in [-0.2, 0) is 9.47 Å². The third-order valence-electron chi connectivity index (χ3n) is 7.64. The van der Waals surface area contributed by atoms with Gasteiger partial charge in [-0.3, -0.25) is 0 Å². The number of H-pyrrole nitrogens is 2. The normalized spacial score (nSPS) is 15.9. The van der Waals surface area contributed by atoms with Crippen molar-refractivity contribution in [2.75, 3.05) is 62.4 Å². The summed E-state index contributed by atoms with van der Waals surface area (Å²) in [5, 5.41) is 0. The van der Waals surface area contributed by atoms with Crippen LogP contribution in [-0.4, -0.2) is 72.5 Å². The number of nitrogens with one attached hydrogen (secondary N) is 2. The second kappa shape index (κ2) is 11.0. The Morgan fingerprint density at radius 2 is 0.950 bits per heavy atom. The Morgan fingerprint density at radius 1 is 0.525 bits per heavy atom. The van der Waals surface area contributed by atoms with Crippen LogP contribution in [0.25, 0.3) is 45.3 Å². The molecule has 4 heterocycles. The number of aromatic amines is 2. The van der Waals surface area contributed by atoms with E-state index in [-0.39, 0.29) is 0 Å². The molecule has 0 radical (unpaired) electrons. The van der Waals surface area contributed by atoms with Gasteiger partial charge in [-0.1, -0.05) is 18.2 Å². The zero-order valence-corrected chi connectivity index (χ0v) is 22.3. The highest BCUT2D eigenvalue weighted by atomic mass is 16.5. The summed E-state index contributed by atoms with van der Waals surface area (Å²) in [7, 11) is 0. The molecular weight excluding hydrogens is 500 g/mol. The topological polar surface area (TPSA) is 82.3 Å². The smallest absolute Gasteiger partial charge is 0.138 e. The van der Waals surface area contributed by atoms with E-state index >= 15 is 0 Å². The lowest BCUT2D eigenvalue weighted by molar-refractivity contribution is 0.122. The first-order chi connectivity index (χ1) is 19.8. The molecule has 40 heavy (non-hydrogen) atoms. The average molecular weight is 533 g/mol. The summed E-state index contributed by atoms with van der Waals surface area (Å²) in [6.07, 6.45) is 3.94. The predicted octanol–water partition coefficient (Wildman–Crippen LogP) is 5.47. The molecule has 2 fully saturated rings. The number of morpholine rings is 2. The molecule has 5 aromatic rings. The van der Waals surface area contributed by atoms with E-state index in [9.17, 15) is 0 Å². The molecule has 0 bridgehead atoms. The minimum atomic E-state index is 0.782. The van der Waals surface area contributed by atoms with Gasteiger partial charge in [-0.15, -0.1) is 0 Å². The van der Waals surface area contributed by atoms with Gasteiger partial charge in [0.15, 0.2) is 0 Å². The summed E-state index contributed by atoms with van der Waals surface area (Å²) < 4.78 is 10.9. The summed E-state index contributed by atoms with van der Waals surface area (Å²) in [4.78, 5) is 21.2. The lowest BCUT2D eigenvalue weighted by Gasteiger charge is -2.28. The van der Waals surface area contributed by atoms with Crippen molar-refractivity contribution in [3.05, 3.63) is 85.2 Å². The van der Waals surface area contributed by atoms with E-state index in [4.69, 9.17) is 19.4 Å². The van der Waals surface area contributed by atoms with Crippen molar-refractivity contribution in [3.8, 4) is 45.3 Å². The summed E-state index contributed by atoms with van der Waals surface area (Å²) >= 11 is 0. The summed E-state index contributed by atoms with van der Waals surface area (Å²) in [6, 6.07) is 25.5. The van der Waals surface area contributed by atoms with Crippen LogP contribution >= 0.6 is 0 Å². The molecular formula is C32H32N6O2. The van der Waals surface area contributed by atoms with Crippen LogP contribution in [0.2, 0.25) is 0 Å². The average Bonchev–Trinajstić information content (AvgIpc) is 3.74. The molecule has 0 amide bonds. The van der Waals surface area contributed by atoms with Gasteiger partial charge in [0, 0.05) is 72.2 Å². The fraction of sp³-hybridized carbons (Fsp3) is 0.250. The van der Waals surface area contributed by atoms with E-state index in [0.717, 1.165) is 97.9 Å². The lowest BCUT2D eigenvalue weighted by atomic mass is 10.1. The van der Waals surface area contributed by atoms with Crippen LogP contribution in [0.4, 0.5) is 11.4 Å². The second-order valence-corrected chi connectivity index (χ2v) is 10.1. The quantitative estimate of drug-likeness (QED) is 0.302. The Morgan fingerprint density at radius 3 is 1.38 bits per heavy atom. The number of benzene rings is 3. The Hall–Kier alpha value is -4.40. The van der Waals surface area contributed by atoms with Crippen molar-refractivity contribution in [2.45, 2.75) is 0 Å². The van der Waals surface area contributed by atoms with Gasteiger partial charge in [-0.2, -0.15) is 0 Å². The number of imidazole rings is 2. The molecule has 8 heteroatoms. The predicted molar refractivity (Wildman–Crippen MR) is 159 cm³/mol. The van der Waals surface area contributed by atoms with Gasteiger partial charge in [0.2, 0.25) is 0 Å². The van der Waals surface area contributed by atoms with Gasteiger partial charge in [0.1, 0.15) is 11.6 Å². The van der Waals surface area contributed by atoms with Gasteiger partial charge >= 0.3 is 0 Å². The van der Waals surface area contributed by atoms with Crippen molar-refractivity contribution in [2.24, 2.45) is 0 Å². The zero-order valence-electron chi connectivity index (χ0n) is 22.3. The molecule has 7 rings (SSSR count). The molecule has 2 aromatic heterocycles. The van der Waals surface area contributed by atoms with Crippen molar-refractivity contribution in [1.29, 1.82) is 0 Å². The highest BCUT2D eigenvalue weighted by Crippen LogP contribution is 2.29. The number of ether oxygens (including phenoxy) is 2. The Bertz CT molecular complexity index is 1450. The molecule has 3 aromatic carbocycles. The molecule has 2 aliphatic rings. The highest BCUT2D eigenvalue weighted by Gasteiger charge is 2.14. The minimum absolute atomic E-state index is 0.782. The Balaban J connectivity index is 1.07. The largest absolute Gasteiger partial charge is 0.378 e. The monoisotopic (exact) mass is 532 g/mol. The molecule has 8 nitrogen and oxygen atoms in total. The van der Waals surface area contributed by atoms with Crippen molar-refractivity contribution >= 4 is 11.4 Å². The summed E-state index contributed by atoms with van der Waals surface area (Å²) in [6.45, 7) is 6.85. The standard InChI is InChI=1S/C32H32N6O2/c1-2-25(29-21-33-31(35-29)23-4-8-27(9-5-23)37-12-16-39-17-13-37)20-26(3-1)30-22-34-32(36-30)24-6-10-28(11-7-24)38-14-18-40-19-15-38/h1-11,20-22H,12-19H2,(H,33,35)(H,34,36). The van der Waals surface area contributed by atoms with Gasteiger partial charge < -0.3 is 29.2 Å². The summed E-state index contributed by atoms with van der Waals surface area (Å²) in [5.41, 5.74) is 8.48. The Labute approximate surface area is 233 Å². The maximum atomic E-state index is 5.47. The van der Waals surface area contributed by atoms with Crippen LogP contribution in [0.3, 0.4) is 0 Å². The van der Waals surface area contributed by atoms with Gasteiger partial charge in [-0.25, -0.2) is 9.97 Å². The molecule has 0 saturated carbocycles. The number of hydrogen-bond acceptors (Lipinski definition) is 6. The SMILES string of the molecule is c1cc(-c2c[nH]c(-c3ccc(N4CCOCC4)cc3)n2)cc(-c2c[nH]c(-c3ccc(N4CCOCC4)cc3)n2)c1. The fourth-order valence-electron chi connectivity index (χ4n) is 5.38. The van der Waals surface area contributed by atoms with Gasteiger partial charge in [-0.05, 0) is 54.6 Å². The minimum Gasteiger partial charge on any atom is -0.378 e. The van der Waals surface area contributed by atoms with Crippen LogP contribution in [0.15, 0.2) is 85.2 Å². The molecule has 0 unspecified atom stereocenters. The van der Waals surface area contributed by atoms with Crippen LogP contribution < -0.4 is 9.80 Å².